The van der Waals surface area contributed by atoms with Gasteiger partial charge in [0.1, 0.15) is 17.2 Å². The highest BCUT2D eigenvalue weighted by atomic mass is 35.5. The van der Waals surface area contributed by atoms with Crippen LogP contribution >= 0.6 is 11.6 Å². The van der Waals surface area contributed by atoms with Crippen molar-refractivity contribution in [2.24, 2.45) is 0 Å². The van der Waals surface area contributed by atoms with Gasteiger partial charge in [0.25, 0.3) is 11.5 Å². The lowest BCUT2D eigenvalue weighted by Crippen LogP contribution is -2.33. The lowest BCUT2D eigenvalue weighted by Gasteiger charge is -2.22. The molecule has 7 heteroatoms. The minimum Gasteiger partial charge on any atom is -0.456 e. The molecule has 1 aliphatic heterocycles. The van der Waals surface area contributed by atoms with Gasteiger partial charge in [0.2, 0.25) is 0 Å². The molecule has 3 aliphatic rings. The summed E-state index contributed by atoms with van der Waals surface area (Å²) in [5.74, 6) is -2.70. The van der Waals surface area contributed by atoms with Gasteiger partial charge in [-0.25, -0.2) is 0 Å². The molecule has 0 saturated heterocycles. The van der Waals surface area contributed by atoms with E-state index in [2.05, 4.69) is 0 Å². The molecule has 2 aromatic carbocycles. The number of nitrogens with zero attached hydrogens (tertiary/aromatic N) is 1. The van der Waals surface area contributed by atoms with Gasteiger partial charge < -0.3 is 9.84 Å². The van der Waals surface area contributed by atoms with Crippen LogP contribution in [0.3, 0.4) is 0 Å². The van der Waals surface area contributed by atoms with Gasteiger partial charge >= 0.3 is 0 Å². The van der Waals surface area contributed by atoms with Crippen LogP contribution in [0.4, 0.5) is 5.69 Å². The Kier molecular flexibility index (Phi) is 2.73. The zero-order valence-corrected chi connectivity index (χ0v) is 13.6. The third-order valence-corrected chi connectivity index (χ3v) is 5.57. The van der Waals surface area contributed by atoms with Crippen molar-refractivity contribution in [2.75, 3.05) is 0 Å². The molecule has 1 fully saturated rings. The lowest BCUT2D eigenvalue weighted by molar-refractivity contribution is -0.387. The maximum absolute atomic E-state index is 12.9. The van der Waals surface area contributed by atoms with Crippen LogP contribution in [0.25, 0.3) is 0 Å². The summed E-state index contributed by atoms with van der Waals surface area (Å²) in [4.78, 5) is 23.7. The number of hydrogen-bond acceptors (Lipinski definition) is 5. The van der Waals surface area contributed by atoms with Gasteiger partial charge in [-0.1, -0.05) is 23.7 Å². The summed E-state index contributed by atoms with van der Waals surface area (Å²) in [6.45, 7) is 0. The highest BCUT2D eigenvalue weighted by Gasteiger charge is 2.62. The van der Waals surface area contributed by atoms with E-state index in [9.17, 15) is 20.0 Å². The van der Waals surface area contributed by atoms with Crippen LogP contribution in [0.5, 0.6) is 5.75 Å². The van der Waals surface area contributed by atoms with Crippen LogP contribution in [0.15, 0.2) is 30.3 Å². The number of nitro groups is 1. The van der Waals surface area contributed by atoms with Gasteiger partial charge in [0, 0.05) is 11.6 Å². The van der Waals surface area contributed by atoms with Gasteiger partial charge in [-0.05, 0) is 36.5 Å². The Balaban J connectivity index is 1.73. The second-order valence-corrected chi connectivity index (χ2v) is 7.15. The van der Waals surface area contributed by atoms with Crippen LogP contribution < -0.4 is 4.74 Å². The molecular formula is C18H12ClNO5. The van der Waals surface area contributed by atoms with E-state index in [1.54, 1.807) is 6.07 Å². The largest absolute Gasteiger partial charge is 0.456 e. The van der Waals surface area contributed by atoms with Crippen LogP contribution in [0.2, 0.25) is 5.02 Å². The lowest BCUT2D eigenvalue weighted by atomic mass is 9.91. The van der Waals surface area contributed by atoms with E-state index in [-0.39, 0.29) is 21.8 Å². The number of carbonyl (C=O) groups excluding carboxylic acids is 1. The van der Waals surface area contributed by atoms with E-state index in [4.69, 9.17) is 16.3 Å². The summed E-state index contributed by atoms with van der Waals surface area (Å²) >= 11 is 6.11. The number of fused-ring (bicyclic) bond motifs is 5. The number of Topliss-reactive ketones (excluding diaryl/α,β-unsaturated/α-hetero) is 1. The Morgan fingerprint density at radius 3 is 2.72 bits per heavy atom. The number of benzene rings is 2. The van der Waals surface area contributed by atoms with Gasteiger partial charge in [0.15, 0.2) is 5.78 Å². The van der Waals surface area contributed by atoms with Crippen molar-refractivity contribution in [3.63, 3.8) is 0 Å². The third kappa shape index (κ3) is 1.81. The van der Waals surface area contributed by atoms with Crippen LogP contribution in [-0.2, 0) is 5.79 Å². The molecule has 5 rings (SSSR count). The van der Waals surface area contributed by atoms with E-state index in [0.29, 0.717) is 17.2 Å². The molecule has 1 saturated carbocycles. The van der Waals surface area contributed by atoms with Gasteiger partial charge in [-0.2, -0.15) is 0 Å². The second-order valence-electron chi connectivity index (χ2n) is 6.74. The number of ketones is 1. The highest BCUT2D eigenvalue weighted by Crippen LogP contribution is 2.59. The first-order chi connectivity index (χ1) is 11.9. The Morgan fingerprint density at radius 1 is 1.28 bits per heavy atom. The molecule has 0 spiro atoms. The topological polar surface area (TPSA) is 89.7 Å². The molecule has 0 radical (unpaired) electrons. The fraction of sp³-hybridized carbons (Fsp3) is 0.278. The van der Waals surface area contributed by atoms with Crippen molar-refractivity contribution in [1.82, 2.24) is 0 Å². The summed E-state index contributed by atoms with van der Waals surface area (Å²) < 4.78 is 5.75. The number of rotatable bonds is 2. The van der Waals surface area contributed by atoms with Crippen molar-refractivity contribution >= 4 is 23.1 Å². The Labute approximate surface area is 147 Å². The first-order valence-electron chi connectivity index (χ1n) is 7.98. The molecule has 0 amide bonds. The molecule has 2 aromatic rings. The van der Waals surface area contributed by atoms with Gasteiger partial charge in [-0.15, -0.1) is 0 Å². The predicted molar refractivity (Wildman–Crippen MR) is 88.1 cm³/mol. The van der Waals surface area contributed by atoms with Crippen molar-refractivity contribution in [3.05, 3.63) is 67.7 Å². The minimum atomic E-state index is -2.09. The first-order valence-corrected chi connectivity index (χ1v) is 8.36. The van der Waals surface area contributed by atoms with Crippen molar-refractivity contribution in [1.29, 1.82) is 0 Å². The Hall–Kier alpha value is -2.44. The quantitative estimate of drug-likeness (QED) is 0.654. The average Bonchev–Trinajstić information content (AvgIpc) is 3.32. The van der Waals surface area contributed by atoms with Gasteiger partial charge in [-0.3, -0.25) is 14.9 Å². The van der Waals surface area contributed by atoms with E-state index >= 15 is 0 Å². The zero-order chi connectivity index (χ0) is 17.5. The molecule has 0 bridgehead atoms. The predicted octanol–water partition coefficient (Wildman–Crippen LogP) is 3.64. The summed E-state index contributed by atoms with van der Waals surface area (Å²) in [6.07, 6.45) is 2.21. The fourth-order valence-electron chi connectivity index (χ4n) is 3.97. The number of halogens is 1. The number of hydrogen-bond donors (Lipinski definition) is 1. The molecule has 2 atom stereocenters. The minimum absolute atomic E-state index is 0.0275. The number of carbonyl (C=O) groups is 1. The van der Waals surface area contributed by atoms with Crippen molar-refractivity contribution in [2.45, 2.75) is 30.5 Å². The van der Waals surface area contributed by atoms with E-state index in [1.807, 2.05) is 12.1 Å². The maximum Gasteiger partial charge on any atom is 0.280 e. The summed E-state index contributed by atoms with van der Waals surface area (Å²) in [7, 11) is 0. The summed E-state index contributed by atoms with van der Waals surface area (Å²) in [6, 6.07) is 8.02. The maximum atomic E-state index is 12.9. The monoisotopic (exact) mass is 357 g/mol. The summed E-state index contributed by atoms with van der Waals surface area (Å²) in [5, 5.41) is 22.7. The molecule has 126 valence electrons. The molecule has 1 heterocycles. The normalized spacial score (nSPS) is 26.0. The molecule has 6 nitrogen and oxygen atoms in total. The molecule has 0 aromatic heterocycles. The van der Waals surface area contributed by atoms with E-state index in [1.165, 1.54) is 12.1 Å². The van der Waals surface area contributed by atoms with Crippen molar-refractivity contribution in [3.8, 4) is 5.75 Å². The van der Waals surface area contributed by atoms with Crippen LogP contribution in [-0.4, -0.2) is 15.8 Å². The molecule has 25 heavy (non-hydrogen) atoms. The zero-order valence-electron chi connectivity index (χ0n) is 12.9. The first kappa shape index (κ1) is 14.9. The molecular weight excluding hydrogens is 346 g/mol. The average molecular weight is 358 g/mol. The number of nitro benzene ring substituents is 1. The van der Waals surface area contributed by atoms with E-state index < -0.39 is 22.4 Å². The SMILES string of the molecule is O=C1c2c(Cl)ccc([N+](=O)[O-])c2C2(O)Oc3cc(C4CC4)ccc3C12. The number of ether oxygens (including phenoxy) is 1. The Bertz CT molecular complexity index is 984. The van der Waals surface area contributed by atoms with Crippen LogP contribution in [0.1, 0.15) is 51.7 Å². The Morgan fingerprint density at radius 2 is 2.04 bits per heavy atom. The molecule has 2 aliphatic carbocycles. The molecule has 2 unspecified atom stereocenters. The summed E-state index contributed by atoms with van der Waals surface area (Å²) in [5.41, 5.74) is 1.09. The standard InChI is InChI=1S/C18H12ClNO5/c19-11-5-6-12(20(23)24)16-14(11)17(21)15-10-4-3-9(8-1-2-8)7-13(10)25-18(15,16)22/h3-8,15,22H,1-2H2. The third-order valence-electron chi connectivity index (χ3n) is 5.25. The highest BCUT2D eigenvalue weighted by molar-refractivity contribution is 6.35. The van der Waals surface area contributed by atoms with Crippen molar-refractivity contribution < 1.29 is 19.6 Å². The second kappa shape index (κ2) is 4.59. The van der Waals surface area contributed by atoms with E-state index in [0.717, 1.165) is 18.4 Å². The molecule has 1 N–H and O–H groups in total. The fourth-order valence-corrected chi connectivity index (χ4v) is 4.22. The van der Waals surface area contributed by atoms with Gasteiger partial charge in [0.05, 0.1) is 15.5 Å². The number of aliphatic hydroxyl groups is 1. The van der Waals surface area contributed by atoms with Crippen LogP contribution in [0, 0.1) is 10.1 Å². The smallest absolute Gasteiger partial charge is 0.280 e.